The lowest BCUT2D eigenvalue weighted by atomic mass is 10.1. The van der Waals surface area contributed by atoms with Gasteiger partial charge in [0, 0.05) is 10.2 Å². The van der Waals surface area contributed by atoms with Crippen molar-refractivity contribution in [2.24, 2.45) is 5.73 Å². The smallest absolute Gasteiger partial charge is 0.316 e. The first-order valence-electron chi connectivity index (χ1n) is 3.98. The Labute approximate surface area is 85.4 Å². The summed E-state index contributed by atoms with van der Waals surface area (Å²) in [7, 11) is 0. The Morgan fingerprint density at radius 3 is 2.85 bits per heavy atom. The van der Waals surface area contributed by atoms with E-state index in [0.717, 1.165) is 22.1 Å². The highest BCUT2D eigenvalue weighted by atomic mass is 79.9. The normalized spacial score (nSPS) is 9.69. The number of hydrogen-bond acceptors (Lipinski definition) is 1. The number of aryl methyl sites for hydroxylation is 1. The van der Waals surface area contributed by atoms with Crippen LogP contribution in [0.1, 0.15) is 12.5 Å². The number of nitrogens with two attached hydrogens (primary N) is 1. The van der Waals surface area contributed by atoms with E-state index in [9.17, 15) is 4.79 Å². The van der Waals surface area contributed by atoms with Gasteiger partial charge in [0.25, 0.3) is 0 Å². The van der Waals surface area contributed by atoms with Gasteiger partial charge in [-0.3, -0.25) is 0 Å². The number of benzene rings is 1. The van der Waals surface area contributed by atoms with Gasteiger partial charge in [0.05, 0.1) is 0 Å². The van der Waals surface area contributed by atoms with E-state index in [4.69, 9.17) is 5.73 Å². The van der Waals surface area contributed by atoms with Gasteiger partial charge in [-0.1, -0.05) is 22.9 Å². The minimum Gasteiger partial charge on any atom is -0.351 e. The van der Waals surface area contributed by atoms with Gasteiger partial charge >= 0.3 is 6.03 Å². The molecule has 0 unspecified atom stereocenters. The predicted octanol–water partition coefficient (Wildman–Crippen LogP) is 2.50. The largest absolute Gasteiger partial charge is 0.351 e. The second-order valence-electron chi connectivity index (χ2n) is 2.64. The second-order valence-corrected chi connectivity index (χ2v) is 3.56. The average Bonchev–Trinajstić information content (AvgIpc) is 2.07. The third-order valence-corrected chi connectivity index (χ3v) is 2.20. The van der Waals surface area contributed by atoms with Crippen molar-refractivity contribution in [3.05, 3.63) is 28.2 Å². The molecule has 4 heteroatoms. The Bertz CT molecular complexity index is 325. The van der Waals surface area contributed by atoms with Gasteiger partial charge in [-0.2, -0.15) is 0 Å². The molecular formula is C9H11BrN2O. The zero-order valence-electron chi connectivity index (χ0n) is 7.30. The minimum atomic E-state index is -0.531. The first kappa shape index (κ1) is 10.1. The van der Waals surface area contributed by atoms with Crippen LogP contribution in [0.4, 0.5) is 10.5 Å². The van der Waals surface area contributed by atoms with Crippen LogP contribution in [0.15, 0.2) is 22.7 Å². The van der Waals surface area contributed by atoms with Gasteiger partial charge in [0.1, 0.15) is 0 Å². The molecule has 70 valence electrons. The Balaban J connectivity index is 2.99. The summed E-state index contributed by atoms with van der Waals surface area (Å²) in [4.78, 5) is 10.6. The molecule has 0 aliphatic heterocycles. The number of amides is 2. The number of hydrogen-bond donors (Lipinski definition) is 2. The molecule has 1 rings (SSSR count). The molecule has 0 bridgehead atoms. The Morgan fingerprint density at radius 2 is 2.31 bits per heavy atom. The summed E-state index contributed by atoms with van der Waals surface area (Å²) in [6.45, 7) is 2.02. The third kappa shape index (κ3) is 2.73. The van der Waals surface area contributed by atoms with Gasteiger partial charge in [-0.15, -0.1) is 0 Å². The summed E-state index contributed by atoms with van der Waals surface area (Å²) in [6, 6.07) is 5.13. The SMILES string of the molecule is CCc1cc(Br)ccc1NC(N)=O. The molecule has 13 heavy (non-hydrogen) atoms. The van der Waals surface area contributed by atoms with E-state index in [1.165, 1.54) is 0 Å². The minimum absolute atomic E-state index is 0.531. The molecule has 0 atom stereocenters. The van der Waals surface area contributed by atoms with Crippen LogP contribution >= 0.6 is 15.9 Å². The Hall–Kier alpha value is -1.03. The zero-order valence-corrected chi connectivity index (χ0v) is 8.89. The maximum absolute atomic E-state index is 10.6. The van der Waals surface area contributed by atoms with Crippen molar-refractivity contribution >= 4 is 27.6 Å². The summed E-state index contributed by atoms with van der Waals surface area (Å²) in [5.41, 5.74) is 6.86. The van der Waals surface area contributed by atoms with Gasteiger partial charge in [-0.25, -0.2) is 4.79 Å². The van der Waals surface area contributed by atoms with Crippen LogP contribution in [-0.2, 0) is 6.42 Å². The van der Waals surface area contributed by atoms with Gasteiger partial charge < -0.3 is 11.1 Å². The molecule has 0 heterocycles. The third-order valence-electron chi connectivity index (χ3n) is 1.71. The number of rotatable bonds is 2. The fourth-order valence-electron chi connectivity index (χ4n) is 1.11. The lowest BCUT2D eigenvalue weighted by molar-refractivity contribution is 0.259. The molecule has 0 aliphatic rings. The molecule has 3 nitrogen and oxygen atoms in total. The first-order chi connectivity index (χ1) is 6.13. The lowest BCUT2D eigenvalue weighted by Gasteiger charge is -2.07. The molecule has 3 N–H and O–H groups in total. The van der Waals surface area contributed by atoms with Crippen molar-refractivity contribution in [1.29, 1.82) is 0 Å². The van der Waals surface area contributed by atoms with E-state index in [0.29, 0.717) is 0 Å². The molecule has 0 radical (unpaired) electrons. The van der Waals surface area contributed by atoms with E-state index >= 15 is 0 Å². The summed E-state index contributed by atoms with van der Waals surface area (Å²) >= 11 is 3.36. The molecule has 0 fully saturated rings. The maximum Gasteiger partial charge on any atom is 0.316 e. The number of urea groups is 1. The fraction of sp³-hybridized carbons (Fsp3) is 0.222. The quantitative estimate of drug-likeness (QED) is 0.823. The van der Waals surface area contributed by atoms with Crippen LogP contribution in [0, 0.1) is 0 Å². The fourth-order valence-corrected chi connectivity index (χ4v) is 1.52. The van der Waals surface area contributed by atoms with E-state index in [2.05, 4.69) is 21.2 Å². The number of carbonyl (C=O) groups is 1. The van der Waals surface area contributed by atoms with Crippen molar-refractivity contribution in [2.75, 3.05) is 5.32 Å². The Morgan fingerprint density at radius 1 is 1.62 bits per heavy atom. The van der Waals surface area contributed by atoms with Crippen molar-refractivity contribution in [1.82, 2.24) is 0 Å². The summed E-state index contributed by atoms with van der Waals surface area (Å²) < 4.78 is 0.999. The number of anilines is 1. The molecule has 1 aromatic carbocycles. The predicted molar refractivity (Wildman–Crippen MR) is 56.7 cm³/mol. The molecular weight excluding hydrogens is 232 g/mol. The number of carbonyl (C=O) groups excluding carboxylic acids is 1. The van der Waals surface area contributed by atoms with Gasteiger partial charge in [0.2, 0.25) is 0 Å². The van der Waals surface area contributed by atoms with Crippen LogP contribution < -0.4 is 11.1 Å². The van der Waals surface area contributed by atoms with E-state index in [1.54, 1.807) is 0 Å². The van der Waals surface area contributed by atoms with Gasteiger partial charge in [-0.05, 0) is 30.2 Å². The summed E-state index contributed by atoms with van der Waals surface area (Å²) in [5.74, 6) is 0. The monoisotopic (exact) mass is 242 g/mol. The van der Waals surface area contributed by atoms with Crippen LogP contribution in [0.2, 0.25) is 0 Å². The van der Waals surface area contributed by atoms with Gasteiger partial charge in [0.15, 0.2) is 0 Å². The number of nitrogens with one attached hydrogen (secondary N) is 1. The lowest BCUT2D eigenvalue weighted by Crippen LogP contribution is -2.20. The number of primary amides is 1. The molecule has 0 saturated heterocycles. The van der Waals surface area contributed by atoms with Crippen LogP contribution in [0.5, 0.6) is 0 Å². The summed E-state index contributed by atoms with van der Waals surface area (Å²) in [6.07, 6.45) is 0.856. The summed E-state index contributed by atoms with van der Waals surface area (Å²) in [5, 5.41) is 2.57. The van der Waals surface area contributed by atoms with E-state index in [-0.39, 0.29) is 0 Å². The van der Waals surface area contributed by atoms with Crippen LogP contribution in [0.3, 0.4) is 0 Å². The van der Waals surface area contributed by atoms with E-state index in [1.807, 2.05) is 25.1 Å². The zero-order chi connectivity index (χ0) is 9.84. The van der Waals surface area contributed by atoms with Crippen molar-refractivity contribution in [3.63, 3.8) is 0 Å². The maximum atomic E-state index is 10.6. The number of halogens is 1. The van der Waals surface area contributed by atoms with Crippen LogP contribution in [0.25, 0.3) is 0 Å². The standard InChI is InChI=1S/C9H11BrN2O/c1-2-6-5-7(10)3-4-8(6)12-9(11)13/h3-5H,2H2,1H3,(H3,11,12,13). The molecule has 0 spiro atoms. The average molecular weight is 243 g/mol. The van der Waals surface area contributed by atoms with Crippen molar-refractivity contribution in [2.45, 2.75) is 13.3 Å². The first-order valence-corrected chi connectivity index (χ1v) is 4.77. The Kier molecular flexibility index (Phi) is 3.31. The highest BCUT2D eigenvalue weighted by Gasteiger charge is 2.02. The molecule has 0 saturated carbocycles. The second kappa shape index (κ2) is 4.28. The molecule has 1 aromatic rings. The molecule has 0 aromatic heterocycles. The topological polar surface area (TPSA) is 55.1 Å². The van der Waals surface area contributed by atoms with Crippen LogP contribution in [-0.4, -0.2) is 6.03 Å². The van der Waals surface area contributed by atoms with Crippen molar-refractivity contribution < 1.29 is 4.79 Å². The van der Waals surface area contributed by atoms with Crippen molar-refractivity contribution in [3.8, 4) is 0 Å². The molecule has 0 aliphatic carbocycles. The highest BCUT2D eigenvalue weighted by molar-refractivity contribution is 9.10. The van der Waals surface area contributed by atoms with E-state index < -0.39 is 6.03 Å². The molecule has 2 amide bonds. The highest BCUT2D eigenvalue weighted by Crippen LogP contribution is 2.21.